The molecule has 0 saturated carbocycles. The van der Waals surface area contributed by atoms with E-state index in [9.17, 15) is 10.2 Å². The molecule has 2 N–H and O–H groups in total. The van der Waals surface area contributed by atoms with Gasteiger partial charge in [-0.1, -0.05) is 11.8 Å². The summed E-state index contributed by atoms with van der Waals surface area (Å²) in [5, 5.41) is 19.6. The van der Waals surface area contributed by atoms with Crippen molar-refractivity contribution in [2.24, 2.45) is 0 Å². The second kappa shape index (κ2) is 5.02. The van der Waals surface area contributed by atoms with Gasteiger partial charge in [0.25, 0.3) is 0 Å². The number of aromatic hydroxyl groups is 2. The first-order valence-corrected chi connectivity index (χ1v) is 8.11. The molecule has 0 aromatic heterocycles. The molecule has 0 bridgehead atoms. The first-order chi connectivity index (χ1) is 9.17. The highest BCUT2D eigenvalue weighted by atomic mass is 32.2. The summed E-state index contributed by atoms with van der Waals surface area (Å²) >= 11 is 3.36. The van der Waals surface area contributed by atoms with Gasteiger partial charge >= 0.3 is 0 Å². The van der Waals surface area contributed by atoms with E-state index in [1.165, 1.54) is 21.4 Å². The molecule has 0 saturated heterocycles. The van der Waals surface area contributed by atoms with Crippen LogP contribution >= 0.6 is 23.5 Å². The van der Waals surface area contributed by atoms with Crippen molar-refractivity contribution in [2.75, 3.05) is 6.26 Å². The molecule has 2 nitrogen and oxygen atoms in total. The second-order valence-corrected chi connectivity index (χ2v) is 6.48. The van der Waals surface area contributed by atoms with Gasteiger partial charge in [-0.3, -0.25) is 0 Å². The molecule has 2 aromatic rings. The van der Waals surface area contributed by atoms with Crippen molar-refractivity contribution in [1.82, 2.24) is 0 Å². The van der Waals surface area contributed by atoms with E-state index >= 15 is 0 Å². The second-order valence-electron chi connectivity index (χ2n) is 4.52. The molecule has 1 aliphatic heterocycles. The third-order valence-electron chi connectivity index (χ3n) is 3.30. The molecule has 0 unspecified atom stereocenters. The van der Waals surface area contributed by atoms with Gasteiger partial charge < -0.3 is 10.2 Å². The van der Waals surface area contributed by atoms with E-state index < -0.39 is 0 Å². The summed E-state index contributed by atoms with van der Waals surface area (Å²) in [6, 6.07) is 9.61. The minimum absolute atomic E-state index is 0.118. The molecule has 1 heterocycles. The van der Waals surface area contributed by atoms with Crippen molar-refractivity contribution in [3.63, 3.8) is 0 Å². The quantitative estimate of drug-likeness (QED) is 0.777. The molecule has 0 radical (unpaired) electrons. The highest BCUT2D eigenvalue weighted by molar-refractivity contribution is 7.99. The number of fused-ring (bicyclic) bond motifs is 2. The minimum Gasteiger partial charge on any atom is -0.508 e. The number of phenolic OH excluding ortho intramolecular Hbond substituents is 2. The predicted molar refractivity (Wildman–Crippen MR) is 79.5 cm³/mol. The van der Waals surface area contributed by atoms with Gasteiger partial charge in [-0.15, -0.1) is 11.8 Å². The largest absolute Gasteiger partial charge is 0.508 e. The number of phenols is 2. The van der Waals surface area contributed by atoms with Gasteiger partial charge in [0.1, 0.15) is 11.5 Å². The van der Waals surface area contributed by atoms with Gasteiger partial charge in [0.05, 0.1) is 0 Å². The van der Waals surface area contributed by atoms with Gasteiger partial charge in [0, 0.05) is 26.3 Å². The standard InChI is InChI=1S/C15H14O2S2/c1-18-11-3-5-14-9(6-11)2-4-12-13(17)7-10(16)8-15(12)19-14/h3,5-8,16-17H,2,4H2,1H3. The number of aryl methyl sites for hydroxylation is 1. The monoisotopic (exact) mass is 290 g/mol. The Morgan fingerprint density at radius 2 is 1.89 bits per heavy atom. The van der Waals surface area contributed by atoms with Gasteiger partial charge in [0.15, 0.2) is 0 Å². The minimum atomic E-state index is 0.118. The van der Waals surface area contributed by atoms with Crippen LogP contribution < -0.4 is 0 Å². The van der Waals surface area contributed by atoms with E-state index in [1.807, 2.05) is 0 Å². The highest BCUT2D eigenvalue weighted by Gasteiger charge is 2.18. The van der Waals surface area contributed by atoms with Crippen LogP contribution in [-0.4, -0.2) is 16.5 Å². The Bertz CT molecular complexity index is 638. The van der Waals surface area contributed by atoms with Crippen molar-refractivity contribution in [2.45, 2.75) is 27.5 Å². The Morgan fingerprint density at radius 1 is 1.05 bits per heavy atom. The zero-order valence-corrected chi connectivity index (χ0v) is 12.1. The van der Waals surface area contributed by atoms with Crippen molar-refractivity contribution in [1.29, 1.82) is 0 Å². The van der Waals surface area contributed by atoms with E-state index in [1.54, 1.807) is 29.6 Å². The van der Waals surface area contributed by atoms with Crippen LogP contribution in [-0.2, 0) is 12.8 Å². The Morgan fingerprint density at radius 3 is 2.68 bits per heavy atom. The lowest BCUT2D eigenvalue weighted by Crippen LogP contribution is -1.91. The number of benzene rings is 2. The molecule has 19 heavy (non-hydrogen) atoms. The lowest BCUT2D eigenvalue weighted by Gasteiger charge is -2.08. The number of hydrogen-bond acceptors (Lipinski definition) is 4. The van der Waals surface area contributed by atoms with Gasteiger partial charge in [0.2, 0.25) is 0 Å². The smallest absolute Gasteiger partial charge is 0.123 e. The summed E-state index contributed by atoms with van der Waals surface area (Å²) in [4.78, 5) is 3.42. The summed E-state index contributed by atoms with van der Waals surface area (Å²) in [7, 11) is 0. The molecule has 98 valence electrons. The Hall–Kier alpha value is -1.26. The average molecular weight is 290 g/mol. The fourth-order valence-corrected chi connectivity index (χ4v) is 3.95. The molecular weight excluding hydrogens is 276 g/mol. The van der Waals surface area contributed by atoms with Crippen LogP contribution in [0.1, 0.15) is 11.1 Å². The number of hydrogen-bond donors (Lipinski definition) is 2. The summed E-state index contributed by atoms with van der Waals surface area (Å²) in [6.07, 6.45) is 3.80. The molecule has 1 aliphatic rings. The highest BCUT2D eigenvalue weighted by Crippen LogP contribution is 2.42. The van der Waals surface area contributed by atoms with Crippen LogP contribution in [0, 0.1) is 0 Å². The molecule has 3 rings (SSSR count). The zero-order valence-electron chi connectivity index (χ0n) is 10.5. The number of thioether (sulfide) groups is 1. The number of rotatable bonds is 1. The van der Waals surface area contributed by atoms with E-state index in [2.05, 4.69) is 24.5 Å². The maximum Gasteiger partial charge on any atom is 0.123 e. The van der Waals surface area contributed by atoms with E-state index in [4.69, 9.17) is 0 Å². The normalized spacial score (nSPS) is 13.5. The zero-order chi connectivity index (χ0) is 13.4. The molecule has 0 atom stereocenters. The summed E-state index contributed by atoms with van der Waals surface area (Å²) in [6.45, 7) is 0. The summed E-state index contributed by atoms with van der Waals surface area (Å²) in [5.41, 5.74) is 2.25. The van der Waals surface area contributed by atoms with Crippen molar-refractivity contribution in [3.8, 4) is 11.5 Å². The van der Waals surface area contributed by atoms with Gasteiger partial charge in [-0.2, -0.15) is 0 Å². The SMILES string of the molecule is CSc1ccc2c(c1)CCc1c(O)cc(O)cc1S2. The summed E-state index contributed by atoms with van der Waals surface area (Å²) in [5.74, 6) is 0.313. The van der Waals surface area contributed by atoms with Gasteiger partial charge in [-0.05, 0) is 48.9 Å². The third-order valence-corrected chi connectivity index (χ3v) is 5.23. The lowest BCUT2D eigenvalue weighted by atomic mass is 10.0. The lowest BCUT2D eigenvalue weighted by molar-refractivity contribution is 0.442. The average Bonchev–Trinajstić information content (AvgIpc) is 2.56. The van der Waals surface area contributed by atoms with Crippen LogP contribution in [0.4, 0.5) is 0 Å². The van der Waals surface area contributed by atoms with Crippen LogP contribution in [0.3, 0.4) is 0 Å². The maximum atomic E-state index is 9.96. The topological polar surface area (TPSA) is 40.5 Å². The molecule has 0 amide bonds. The molecule has 0 aliphatic carbocycles. The van der Waals surface area contributed by atoms with Crippen LogP contribution in [0.25, 0.3) is 0 Å². The van der Waals surface area contributed by atoms with Crippen LogP contribution in [0.5, 0.6) is 11.5 Å². The Balaban J connectivity index is 2.07. The maximum absolute atomic E-state index is 9.96. The third kappa shape index (κ3) is 2.42. The Labute approximate surface area is 120 Å². The van der Waals surface area contributed by atoms with Gasteiger partial charge in [-0.25, -0.2) is 0 Å². The summed E-state index contributed by atoms with van der Waals surface area (Å²) < 4.78 is 0. The van der Waals surface area contributed by atoms with Crippen LogP contribution in [0.15, 0.2) is 45.0 Å². The van der Waals surface area contributed by atoms with E-state index in [0.29, 0.717) is 0 Å². The van der Waals surface area contributed by atoms with E-state index in [-0.39, 0.29) is 11.5 Å². The molecule has 0 fully saturated rings. The first kappa shape index (κ1) is 12.8. The molecule has 2 aromatic carbocycles. The first-order valence-electron chi connectivity index (χ1n) is 6.07. The predicted octanol–water partition coefficient (Wildman–Crippen LogP) is 4.07. The fourth-order valence-electron chi connectivity index (χ4n) is 2.31. The molecular formula is C15H14O2S2. The Kier molecular flexibility index (Phi) is 3.37. The van der Waals surface area contributed by atoms with Crippen molar-refractivity contribution < 1.29 is 10.2 Å². The van der Waals surface area contributed by atoms with Crippen molar-refractivity contribution in [3.05, 3.63) is 41.5 Å². The molecule has 0 spiro atoms. The van der Waals surface area contributed by atoms with Crippen molar-refractivity contribution >= 4 is 23.5 Å². The molecule has 4 heteroatoms. The van der Waals surface area contributed by atoms with Crippen LogP contribution in [0.2, 0.25) is 0 Å². The van der Waals surface area contributed by atoms with E-state index in [0.717, 1.165) is 23.3 Å². The fraction of sp³-hybridized carbons (Fsp3) is 0.200.